The Kier molecular flexibility index (Phi) is 4.82. The highest BCUT2D eigenvalue weighted by molar-refractivity contribution is 7.90. The van der Waals surface area contributed by atoms with Gasteiger partial charge in [0.1, 0.15) is 16.5 Å². The lowest BCUT2D eigenvalue weighted by atomic mass is 9.95. The Balaban J connectivity index is 2.23. The fourth-order valence-corrected chi connectivity index (χ4v) is 3.54. The summed E-state index contributed by atoms with van der Waals surface area (Å²) < 4.78 is 52.0. The summed E-state index contributed by atoms with van der Waals surface area (Å²) in [6.07, 6.45) is 3.79. The summed E-state index contributed by atoms with van der Waals surface area (Å²) in [5.41, 5.74) is 2.52. The molecule has 134 valence electrons. The molecule has 0 amide bonds. The van der Waals surface area contributed by atoms with Crippen molar-refractivity contribution in [1.29, 1.82) is 0 Å². The molecule has 0 aliphatic heterocycles. The van der Waals surface area contributed by atoms with Gasteiger partial charge in [-0.25, -0.2) is 17.2 Å². The maximum atomic E-state index is 14.6. The van der Waals surface area contributed by atoms with E-state index < -0.39 is 26.4 Å². The third-order valence-electron chi connectivity index (χ3n) is 4.00. The minimum absolute atomic E-state index is 0.0643. The minimum Gasteiger partial charge on any atom is -0.264 e. The second-order valence-electron chi connectivity index (χ2n) is 5.92. The van der Waals surface area contributed by atoms with Crippen molar-refractivity contribution in [3.05, 3.63) is 71.0 Å². The third kappa shape index (κ3) is 3.48. The number of aromatic nitrogens is 1. The number of halogens is 3. The molecule has 0 radical (unpaired) electrons. The van der Waals surface area contributed by atoms with E-state index in [0.717, 1.165) is 23.4 Å². The molecule has 0 saturated carbocycles. The molecular weight excluding hydrogens is 380 g/mol. The summed E-state index contributed by atoms with van der Waals surface area (Å²) in [5, 5.41) is 0.596. The maximum Gasteiger partial charge on any atom is 0.178 e. The van der Waals surface area contributed by atoms with Gasteiger partial charge in [-0.15, -0.1) is 0 Å². The van der Waals surface area contributed by atoms with E-state index in [1.165, 1.54) is 6.20 Å². The van der Waals surface area contributed by atoms with Gasteiger partial charge >= 0.3 is 0 Å². The van der Waals surface area contributed by atoms with E-state index >= 15 is 0 Å². The van der Waals surface area contributed by atoms with E-state index in [1.807, 2.05) is 13.0 Å². The lowest BCUT2D eigenvalue weighted by molar-refractivity contribution is 0.557. The summed E-state index contributed by atoms with van der Waals surface area (Å²) in [6.45, 7) is 1.84. The van der Waals surface area contributed by atoms with Crippen LogP contribution in [0, 0.1) is 18.6 Å². The molecular formula is C19H14ClF2NO2S. The number of hydrogen-bond acceptors (Lipinski definition) is 3. The van der Waals surface area contributed by atoms with Crippen molar-refractivity contribution in [3.8, 4) is 22.3 Å². The van der Waals surface area contributed by atoms with E-state index in [-0.39, 0.29) is 5.56 Å². The molecule has 7 heteroatoms. The van der Waals surface area contributed by atoms with E-state index in [1.54, 1.807) is 24.4 Å². The molecule has 0 N–H and O–H groups in total. The Bertz CT molecular complexity index is 1110. The molecule has 0 aliphatic rings. The zero-order valence-corrected chi connectivity index (χ0v) is 15.5. The molecule has 0 atom stereocenters. The molecule has 0 unspecified atom stereocenters. The summed E-state index contributed by atoms with van der Waals surface area (Å²) in [4.78, 5) is 3.32. The lowest BCUT2D eigenvalue weighted by Crippen LogP contribution is -2.03. The predicted molar refractivity (Wildman–Crippen MR) is 97.9 cm³/mol. The number of benzene rings is 2. The highest BCUT2D eigenvalue weighted by Gasteiger charge is 2.20. The minimum atomic E-state index is -3.87. The largest absolute Gasteiger partial charge is 0.264 e. The van der Waals surface area contributed by atoms with Crippen LogP contribution in [-0.2, 0) is 9.84 Å². The van der Waals surface area contributed by atoms with Crippen molar-refractivity contribution in [1.82, 2.24) is 4.98 Å². The van der Waals surface area contributed by atoms with Crippen molar-refractivity contribution in [2.45, 2.75) is 11.8 Å². The average Bonchev–Trinajstić information content (AvgIpc) is 2.58. The molecule has 0 bridgehead atoms. The molecule has 2 aromatic carbocycles. The average molecular weight is 394 g/mol. The molecule has 26 heavy (non-hydrogen) atoms. The first-order valence-electron chi connectivity index (χ1n) is 7.58. The maximum absolute atomic E-state index is 14.6. The fraction of sp³-hybridized carbons (Fsp3) is 0.105. The summed E-state index contributed by atoms with van der Waals surface area (Å²) in [5.74, 6) is -1.85. The van der Waals surface area contributed by atoms with Crippen LogP contribution in [0.4, 0.5) is 8.78 Å². The number of nitrogens with zero attached hydrogens (tertiary/aromatic N) is 1. The SMILES string of the molecule is Cc1cc(-c2ccncc2-c2cc(F)c(S(C)(=O)=O)cc2F)ccc1Cl. The topological polar surface area (TPSA) is 47.0 Å². The smallest absolute Gasteiger partial charge is 0.178 e. The highest BCUT2D eigenvalue weighted by atomic mass is 35.5. The second-order valence-corrected chi connectivity index (χ2v) is 8.31. The molecule has 0 fully saturated rings. The van der Waals surface area contributed by atoms with Gasteiger partial charge in [-0.05, 0) is 53.9 Å². The van der Waals surface area contributed by atoms with Gasteiger partial charge in [0, 0.05) is 34.8 Å². The Morgan fingerprint density at radius 1 is 0.962 bits per heavy atom. The standard InChI is InChI=1S/C19H14ClF2NO2S/c1-11-7-12(3-4-16(11)20)13-5-6-23-10-15(13)14-8-18(22)19(9-17(14)21)26(2,24)25/h3-10H,1-2H3. The molecule has 0 spiro atoms. The van der Waals surface area contributed by atoms with Gasteiger partial charge in [-0.1, -0.05) is 17.7 Å². The van der Waals surface area contributed by atoms with Crippen LogP contribution in [0.15, 0.2) is 53.7 Å². The first-order chi connectivity index (χ1) is 12.2. The van der Waals surface area contributed by atoms with E-state index in [2.05, 4.69) is 4.98 Å². The Morgan fingerprint density at radius 2 is 1.69 bits per heavy atom. The fourth-order valence-electron chi connectivity index (χ4n) is 2.69. The van der Waals surface area contributed by atoms with Gasteiger partial charge in [0.15, 0.2) is 9.84 Å². The number of rotatable bonds is 3. The Morgan fingerprint density at radius 3 is 2.35 bits per heavy atom. The van der Waals surface area contributed by atoms with Crippen LogP contribution in [0.2, 0.25) is 5.02 Å². The number of hydrogen-bond donors (Lipinski definition) is 0. The normalized spacial score (nSPS) is 11.6. The zero-order chi connectivity index (χ0) is 19.1. The van der Waals surface area contributed by atoms with Gasteiger partial charge in [-0.2, -0.15) is 0 Å². The third-order valence-corrected chi connectivity index (χ3v) is 5.54. The van der Waals surface area contributed by atoms with Gasteiger partial charge in [-0.3, -0.25) is 4.98 Å². The first kappa shape index (κ1) is 18.5. The van der Waals surface area contributed by atoms with Crippen LogP contribution in [0.5, 0.6) is 0 Å². The summed E-state index contributed by atoms with van der Waals surface area (Å²) >= 11 is 6.05. The molecule has 0 saturated heterocycles. The van der Waals surface area contributed by atoms with Crippen molar-refractivity contribution in [3.63, 3.8) is 0 Å². The van der Waals surface area contributed by atoms with Crippen molar-refractivity contribution in [2.24, 2.45) is 0 Å². The van der Waals surface area contributed by atoms with Gasteiger partial charge in [0.2, 0.25) is 0 Å². The quantitative estimate of drug-likeness (QED) is 0.625. The first-order valence-corrected chi connectivity index (χ1v) is 9.85. The summed E-state index contributed by atoms with van der Waals surface area (Å²) in [7, 11) is -3.87. The molecule has 3 rings (SSSR count). The van der Waals surface area contributed by atoms with E-state index in [9.17, 15) is 17.2 Å². The van der Waals surface area contributed by atoms with Gasteiger partial charge in [0.25, 0.3) is 0 Å². The zero-order valence-electron chi connectivity index (χ0n) is 13.9. The van der Waals surface area contributed by atoms with Crippen LogP contribution in [0.3, 0.4) is 0 Å². The van der Waals surface area contributed by atoms with E-state index in [4.69, 9.17) is 11.6 Å². The van der Waals surface area contributed by atoms with Crippen LogP contribution in [0.1, 0.15) is 5.56 Å². The van der Waals surface area contributed by atoms with Gasteiger partial charge in [0.05, 0.1) is 0 Å². The number of sulfone groups is 1. The van der Waals surface area contributed by atoms with Crippen LogP contribution in [0.25, 0.3) is 22.3 Å². The van der Waals surface area contributed by atoms with Crippen LogP contribution < -0.4 is 0 Å². The number of aryl methyl sites for hydroxylation is 1. The lowest BCUT2D eigenvalue weighted by Gasteiger charge is -2.13. The van der Waals surface area contributed by atoms with E-state index in [0.29, 0.717) is 22.2 Å². The summed E-state index contributed by atoms with van der Waals surface area (Å²) in [6, 6.07) is 8.59. The molecule has 3 nitrogen and oxygen atoms in total. The van der Waals surface area contributed by atoms with Crippen LogP contribution in [-0.4, -0.2) is 19.7 Å². The molecule has 1 aromatic heterocycles. The van der Waals surface area contributed by atoms with Gasteiger partial charge < -0.3 is 0 Å². The van der Waals surface area contributed by atoms with Crippen molar-refractivity contribution in [2.75, 3.05) is 6.26 Å². The predicted octanol–water partition coefficient (Wildman–Crippen LogP) is 5.06. The monoisotopic (exact) mass is 393 g/mol. The molecule has 3 aromatic rings. The Labute approximate surface area is 155 Å². The van der Waals surface area contributed by atoms with Crippen molar-refractivity contribution >= 4 is 21.4 Å². The molecule has 0 aliphatic carbocycles. The van der Waals surface area contributed by atoms with Crippen molar-refractivity contribution < 1.29 is 17.2 Å². The highest BCUT2D eigenvalue weighted by Crippen LogP contribution is 2.35. The molecule has 1 heterocycles. The Hall–Kier alpha value is -2.31. The van der Waals surface area contributed by atoms with Crippen LogP contribution >= 0.6 is 11.6 Å². The second kappa shape index (κ2) is 6.78. The number of pyridine rings is 1.